The third-order valence-electron chi connectivity index (χ3n) is 3.46. The number of hydrogen-bond donors (Lipinski definition) is 1. The Morgan fingerprint density at radius 3 is 2.00 bits per heavy atom. The van der Waals surface area contributed by atoms with E-state index < -0.39 is 0 Å². The van der Waals surface area contributed by atoms with Gasteiger partial charge in [0.15, 0.2) is 0 Å². The number of likely N-dealkylation sites (N-methyl/N-ethyl adjacent to an activating group) is 1. The van der Waals surface area contributed by atoms with Crippen LogP contribution in [0.4, 0.5) is 0 Å². The lowest BCUT2D eigenvalue weighted by atomic mass is 9.96. The Morgan fingerprint density at radius 1 is 0.905 bits per heavy atom. The molecule has 0 aliphatic heterocycles. The topological polar surface area (TPSA) is 12.0 Å². The van der Waals surface area contributed by atoms with Crippen LogP contribution >= 0.6 is 23.2 Å². The van der Waals surface area contributed by atoms with Crippen molar-refractivity contribution in [2.24, 2.45) is 0 Å². The van der Waals surface area contributed by atoms with Crippen molar-refractivity contribution in [2.75, 3.05) is 6.54 Å². The van der Waals surface area contributed by atoms with Crippen LogP contribution in [0, 0.1) is 13.8 Å². The quantitative estimate of drug-likeness (QED) is 0.766. The van der Waals surface area contributed by atoms with Gasteiger partial charge in [0.25, 0.3) is 0 Å². The highest BCUT2D eigenvalue weighted by Gasteiger charge is 2.13. The average Bonchev–Trinajstić information content (AvgIpc) is 2.35. The standard InChI is InChI=1S/C18H21Cl2N/c1-4-21-18(15-9-16(19)11-17(20)10-15)8-14-6-12(2)5-13(3)7-14/h5-7,9-11,18,21H,4,8H2,1-3H3. The molecule has 0 saturated carbocycles. The molecule has 0 radical (unpaired) electrons. The summed E-state index contributed by atoms with van der Waals surface area (Å²) in [5, 5.41) is 4.89. The molecule has 21 heavy (non-hydrogen) atoms. The molecule has 2 aromatic rings. The Morgan fingerprint density at radius 2 is 1.48 bits per heavy atom. The third kappa shape index (κ3) is 4.74. The molecule has 3 heteroatoms. The van der Waals surface area contributed by atoms with Gasteiger partial charge < -0.3 is 5.32 Å². The summed E-state index contributed by atoms with van der Waals surface area (Å²) in [5.74, 6) is 0. The minimum atomic E-state index is 0.215. The van der Waals surface area contributed by atoms with Gasteiger partial charge in [-0.1, -0.05) is 59.5 Å². The second-order valence-corrected chi connectivity index (χ2v) is 6.39. The summed E-state index contributed by atoms with van der Waals surface area (Å²) in [6.07, 6.45) is 0.924. The van der Waals surface area contributed by atoms with Crippen LogP contribution in [0.2, 0.25) is 10.0 Å². The summed E-state index contributed by atoms with van der Waals surface area (Å²) in [7, 11) is 0. The van der Waals surface area contributed by atoms with Crippen LogP contribution in [0.3, 0.4) is 0 Å². The van der Waals surface area contributed by atoms with E-state index in [0.29, 0.717) is 10.0 Å². The second kappa shape index (κ2) is 7.31. The van der Waals surface area contributed by atoms with Gasteiger partial charge in [-0.25, -0.2) is 0 Å². The lowest BCUT2D eigenvalue weighted by molar-refractivity contribution is 0.549. The molecule has 1 N–H and O–H groups in total. The molecule has 2 aromatic carbocycles. The van der Waals surface area contributed by atoms with E-state index in [1.165, 1.54) is 16.7 Å². The fourth-order valence-electron chi connectivity index (χ4n) is 2.75. The molecule has 112 valence electrons. The molecule has 0 aromatic heterocycles. The summed E-state index contributed by atoms with van der Waals surface area (Å²) in [4.78, 5) is 0. The molecule has 0 bridgehead atoms. The second-order valence-electron chi connectivity index (χ2n) is 5.51. The molecule has 2 rings (SSSR count). The Kier molecular flexibility index (Phi) is 5.69. The number of aryl methyl sites for hydroxylation is 2. The van der Waals surface area contributed by atoms with Crippen LogP contribution in [0.25, 0.3) is 0 Å². The molecule has 1 nitrogen and oxygen atoms in total. The molecule has 1 atom stereocenters. The molecule has 0 fully saturated rings. The van der Waals surface area contributed by atoms with E-state index in [0.717, 1.165) is 18.5 Å². The van der Waals surface area contributed by atoms with Crippen LogP contribution in [0.1, 0.15) is 35.2 Å². The summed E-state index contributed by atoms with van der Waals surface area (Å²) >= 11 is 12.3. The minimum absolute atomic E-state index is 0.215. The van der Waals surface area contributed by atoms with Gasteiger partial charge in [-0.2, -0.15) is 0 Å². The van der Waals surface area contributed by atoms with Crippen molar-refractivity contribution in [2.45, 2.75) is 33.2 Å². The first-order valence-electron chi connectivity index (χ1n) is 7.24. The number of benzene rings is 2. The molecule has 0 aliphatic rings. The fraction of sp³-hybridized carbons (Fsp3) is 0.333. The smallest absolute Gasteiger partial charge is 0.0424 e. The zero-order valence-corrected chi connectivity index (χ0v) is 14.2. The van der Waals surface area contributed by atoms with E-state index in [-0.39, 0.29) is 6.04 Å². The van der Waals surface area contributed by atoms with E-state index in [4.69, 9.17) is 23.2 Å². The molecule has 0 spiro atoms. The number of nitrogens with one attached hydrogen (secondary N) is 1. The zero-order valence-electron chi connectivity index (χ0n) is 12.7. The first-order chi connectivity index (χ1) is 9.97. The summed E-state index contributed by atoms with van der Waals surface area (Å²) < 4.78 is 0. The lowest BCUT2D eigenvalue weighted by Gasteiger charge is -2.20. The normalized spacial score (nSPS) is 12.4. The van der Waals surface area contributed by atoms with Crippen molar-refractivity contribution in [3.05, 3.63) is 68.7 Å². The zero-order chi connectivity index (χ0) is 15.4. The highest BCUT2D eigenvalue weighted by atomic mass is 35.5. The third-order valence-corrected chi connectivity index (χ3v) is 3.90. The molecule has 0 saturated heterocycles. The maximum absolute atomic E-state index is 6.14. The van der Waals surface area contributed by atoms with E-state index in [1.807, 2.05) is 12.1 Å². The highest BCUT2D eigenvalue weighted by Crippen LogP contribution is 2.26. The Balaban J connectivity index is 2.30. The van der Waals surface area contributed by atoms with Crippen molar-refractivity contribution in [1.82, 2.24) is 5.32 Å². The van der Waals surface area contributed by atoms with E-state index in [1.54, 1.807) is 6.07 Å². The predicted molar refractivity (Wildman–Crippen MR) is 92.5 cm³/mol. The van der Waals surface area contributed by atoms with Gasteiger partial charge in [0.2, 0.25) is 0 Å². The Hall–Kier alpha value is -1.02. The Bertz CT molecular complexity index is 582. The summed E-state index contributed by atoms with van der Waals surface area (Å²) in [6, 6.07) is 12.6. The summed E-state index contributed by atoms with van der Waals surface area (Å²) in [5.41, 5.74) is 5.05. The molecular formula is C18H21Cl2N. The van der Waals surface area contributed by atoms with Crippen molar-refractivity contribution in [1.29, 1.82) is 0 Å². The van der Waals surface area contributed by atoms with E-state index in [9.17, 15) is 0 Å². The van der Waals surface area contributed by atoms with Crippen LogP contribution in [-0.4, -0.2) is 6.54 Å². The van der Waals surface area contributed by atoms with Gasteiger partial charge in [-0.15, -0.1) is 0 Å². The number of hydrogen-bond acceptors (Lipinski definition) is 1. The first kappa shape index (κ1) is 16.4. The van der Waals surface area contributed by atoms with Crippen LogP contribution < -0.4 is 5.32 Å². The molecule has 0 heterocycles. The van der Waals surface area contributed by atoms with Crippen LogP contribution in [0.5, 0.6) is 0 Å². The largest absolute Gasteiger partial charge is 0.310 e. The van der Waals surface area contributed by atoms with Crippen molar-refractivity contribution < 1.29 is 0 Å². The minimum Gasteiger partial charge on any atom is -0.310 e. The SMILES string of the molecule is CCNC(Cc1cc(C)cc(C)c1)c1cc(Cl)cc(Cl)c1. The van der Waals surface area contributed by atoms with Crippen LogP contribution in [0.15, 0.2) is 36.4 Å². The summed E-state index contributed by atoms with van der Waals surface area (Å²) in [6.45, 7) is 7.28. The number of halogens is 2. The maximum atomic E-state index is 6.14. The van der Waals surface area contributed by atoms with Gasteiger partial charge in [0, 0.05) is 16.1 Å². The predicted octanol–water partition coefficient (Wildman–Crippen LogP) is 5.50. The fourth-order valence-corrected chi connectivity index (χ4v) is 3.30. The molecular weight excluding hydrogens is 301 g/mol. The van der Waals surface area contributed by atoms with Crippen molar-refractivity contribution >= 4 is 23.2 Å². The molecule has 1 unspecified atom stereocenters. The van der Waals surface area contributed by atoms with Gasteiger partial charge >= 0.3 is 0 Å². The van der Waals surface area contributed by atoms with Crippen molar-refractivity contribution in [3.63, 3.8) is 0 Å². The van der Waals surface area contributed by atoms with Gasteiger partial charge in [-0.05, 0) is 56.1 Å². The number of rotatable bonds is 5. The molecule has 0 aliphatic carbocycles. The van der Waals surface area contributed by atoms with Gasteiger partial charge in [0.1, 0.15) is 0 Å². The van der Waals surface area contributed by atoms with Crippen LogP contribution in [-0.2, 0) is 6.42 Å². The Labute approximate surface area is 137 Å². The average molecular weight is 322 g/mol. The maximum Gasteiger partial charge on any atom is 0.0424 e. The highest BCUT2D eigenvalue weighted by molar-refractivity contribution is 6.34. The monoisotopic (exact) mass is 321 g/mol. The van der Waals surface area contributed by atoms with E-state index >= 15 is 0 Å². The van der Waals surface area contributed by atoms with Gasteiger partial charge in [-0.3, -0.25) is 0 Å². The lowest BCUT2D eigenvalue weighted by Crippen LogP contribution is -2.23. The first-order valence-corrected chi connectivity index (χ1v) is 8.00. The van der Waals surface area contributed by atoms with Crippen molar-refractivity contribution in [3.8, 4) is 0 Å². The van der Waals surface area contributed by atoms with Gasteiger partial charge in [0.05, 0.1) is 0 Å². The molecule has 0 amide bonds. The van der Waals surface area contributed by atoms with E-state index in [2.05, 4.69) is 44.3 Å².